The third-order valence-electron chi connectivity index (χ3n) is 2.23. The summed E-state index contributed by atoms with van der Waals surface area (Å²) in [6.07, 6.45) is 0. The van der Waals surface area contributed by atoms with Gasteiger partial charge in [-0.2, -0.15) is 4.79 Å². The van der Waals surface area contributed by atoms with Crippen LogP contribution in [-0.4, -0.2) is 28.0 Å². The molecule has 1 aromatic rings. The molecule has 1 amide bonds. The Morgan fingerprint density at radius 2 is 2.00 bits per heavy atom. The van der Waals surface area contributed by atoms with Gasteiger partial charge in [-0.25, -0.2) is 0 Å². The summed E-state index contributed by atoms with van der Waals surface area (Å²) in [5.74, 6) is -0.172. The van der Waals surface area contributed by atoms with Crippen molar-refractivity contribution in [2.75, 3.05) is 0 Å². The molecule has 2 rings (SSSR count). The van der Waals surface area contributed by atoms with E-state index >= 15 is 0 Å². The highest BCUT2D eigenvalue weighted by molar-refractivity contribution is 6.68. The van der Waals surface area contributed by atoms with Gasteiger partial charge in [0, 0.05) is 5.56 Å². The van der Waals surface area contributed by atoms with Crippen LogP contribution in [0.3, 0.4) is 0 Å². The fourth-order valence-electron chi connectivity index (χ4n) is 1.36. The van der Waals surface area contributed by atoms with Crippen LogP contribution in [-0.2, 0) is 0 Å². The van der Waals surface area contributed by atoms with Gasteiger partial charge in [-0.3, -0.25) is 10.1 Å². The van der Waals surface area contributed by atoms with Gasteiger partial charge < -0.3 is 5.53 Å². The average molecular weight is 227 g/mol. The Balaban J connectivity index is 2.15. The first kappa shape index (κ1) is 10.9. The number of benzene rings is 1. The third kappa shape index (κ3) is 2.16. The lowest BCUT2D eigenvalue weighted by atomic mass is 10.2. The highest BCUT2D eigenvalue weighted by Gasteiger charge is 2.28. The lowest BCUT2D eigenvalue weighted by Gasteiger charge is -2.00. The minimum absolute atomic E-state index is 0.152. The van der Waals surface area contributed by atoms with Gasteiger partial charge in [-0.05, 0) is 19.1 Å². The van der Waals surface area contributed by atoms with E-state index in [4.69, 9.17) is 5.53 Å². The molecule has 6 heteroatoms. The maximum Gasteiger partial charge on any atom is 0.382 e. The van der Waals surface area contributed by atoms with Crippen LogP contribution in [0.4, 0.5) is 0 Å². The molecule has 1 aliphatic rings. The molecule has 1 aromatic carbocycles. The highest BCUT2D eigenvalue weighted by atomic mass is 16.1. The first-order valence-corrected chi connectivity index (χ1v) is 4.94. The second kappa shape index (κ2) is 4.51. The maximum absolute atomic E-state index is 11.8. The fraction of sp³-hybridized carbons (Fsp3) is 0.0909. The number of rotatable bonds is 1. The molecule has 0 spiro atoms. The Bertz CT molecular complexity index is 567. The van der Waals surface area contributed by atoms with Crippen LogP contribution >= 0.6 is 0 Å². The van der Waals surface area contributed by atoms with E-state index in [9.17, 15) is 4.79 Å². The maximum atomic E-state index is 11.8. The Morgan fingerprint density at radius 1 is 1.29 bits per heavy atom. The minimum Gasteiger partial charge on any atom is -0.361 e. The van der Waals surface area contributed by atoms with Crippen molar-refractivity contribution >= 4 is 23.2 Å². The summed E-state index contributed by atoms with van der Waals surface area (Å²) in [7, 11) is 0. The van der Waals surface area contributed by atoms with Gasteiger partial charge in [0.05, 0.1) is 0 Å². The molecule has 0 aromatic heterocycles. The van der Waals surface area contributed by atoms with Crippen LogP contribution in [0.5, 0.6) is 0 Å². The van der Waals surface area contributed by atoms with E-state index in [1.165, 1.54) is 0 Å². The lowest BCUT2D eigenvalue weighted by Crippen LogP contribution is -2.37. The van der Waals surface area contributed by atoms with Crippen LogP contribution in [0, 0.1) is 0 Å². The van der Waals surface area contributed by atoms with Crippen molar-refractivity contribution in [1.82, 2.24) is 5.32 Å². The molecule has 17 heavy (non-hydrogen) atoms. The smallest absolute Gasteiger partial charge is 0.361 e. The average Bonchev–Trinajstić information content (AvgIpc) is 2.71. The monoisotopic (exact) mass is 227 g/mol. The van der Waals surface area contributed by atoms with Crippen molar-refractivity contribution in [3.63, 3.8) is 0 Å². The number of hydrogen-bond donors (Lipinski definition) is 1. The van der Waals surface area contributed by atoms with Crippen LogP contribution in [0.2, 0.25) is 0 Å². The topological polar surface area (TPSA) is 90.2 Å². The van der Waals surface area contributed by atoms with Crippen molar-refractivity contribution in [2.24, 2.45) is 10.2 Å². The van der Waals surface area contributed by atoms with Crippen molar-refractivity contribution in [3.8, 4) is 0 Å². The number of amidine groups is 1. The molecule has 1 N–H and O–H groups in total. The number of hydrogen-bond acceptors (Lipinski definition) is 3. The molecule has 0 aliphatic carbocycles. The van der Waals surface area contributed by atoms with E-state index in [-0.39, 0.29) is 17.5 Å². The molecule has 1 aliphatic heterocycles. The second-order valence-corrected chi connectivity index (χ2v) is 3.40. The van der Waals surface area contributed by atoms with Crippen LogP contribution < -0.4 is 5.32 Å². The van der Waals surface area contributed by atoms with Gasteiger partial charge in [0.25, 0.3) is 5.91 Å². The summed E-state index contributed by atoms with van der Waals surface area (Å²) >= 11 is 0. The Kier molecular flexibility index (Phi) is 2.89. The first-order valence-electron chi connectivity index (χ1n) is 4.94. The van der Waals surface area contributed by atoms with Crippen LogP contribution in [0.25, 0.3) is 5.53 Å². The summed E-state index contributed by atoms with van der Waals surface area (Å²) in [5, 5.41) is 9.96. The largest absolute Gasteiger partial charge is 0.382 e. The molecule has 0 atom stereocenters. The Morgan fingerprint density at radius 3 is 2.65 bits per heavy atom. The number of nitrogens with zero attached hydrogens (tertiary/aromatic N) is 4. The van der Waals surface area contributed by atoms with Crippen molar-refractivity contribution < 1.29 is 9.58 Å². The molecule has 84 valence electrons. The molecule has 0 unspecified atom stereocenters. The summed E-state index contributed by atoms with van der Waals surface area (Å²) in [5.41, 5.74) is 9.89. The Labute approximate surface area is 97.3 Å². The quantitative estimate of drug-likeness (QED) is 0.559. The summed E-state index contributed by atoms with van der Waals surface area (Å²) in [6.45, 7) is 1.64. The minimum atomic E-state index is -0.324. The van der Waals surface area contributed by atoms with Gasteiger partial charge >= 0.3 is 5.71 Å². The van der Waals surface area contributed by atoms with E-state index < -0.39 is 0 Å². The number of nitrogens with one attached hydrogen (secondary N) is 1. The van der Waals surface area contributed by atoms with Gasteiger partial charge in [-0.1, -0.05) is 18.2 Å². The summed E-state index contributed by atoms with van der Waals surface area (Å²) in [4.78, 5) is 14.8. The predicted molar refractivity (Wildman–Crippen MR) is 63.1 cm³/mol. The number of carbonyl (C=O) groups excluding carboxylic acids is 1. The molecule has 0 fully saturated rings. The van der Waals surface area contributed by atoms with Crippen LogP contribution in [0.15, 0.2) is 40.5 Å². The van der Waals surface area contributed by atoms with Crippen molar-refractivity contribution in [2.45, 2.75) is 6.92 Å². The molecular weight excluding hydrogens is 218 g/mol. The van der Waals surface area contributed by atoms with E-state index in [1.807, 2.05) is 6.07 Å². The molecule has 6 nitrogen and oxygen atoms in total. The van der Waals surface area contributed by atoms with Crippen molar-refractivity contribution in [3.05, 3.63) is 41.4 Å². The summed E-state index contributed by atoms with van der Waals surface area (Å²) < 4.78 is 0. The number of carbonyl (C=O) groups is 1. The van der Waals surface area contributed by atoms with E-state index in [2.05, 4.69) is 20.3 Å². The molecule has 0 bridgehead atoms. The van der Waals surface area contributed by atoms with E-state index in [1.54, 1.807) is 31.2 Å². The highest BCUT2D eigenvalue weighted by Crippen LogP contribution is 2.00. The standard InChI is InChI=1S/C11H9N5O/c1-7-9(14-12)10(16-15-7)13-11(17)8-5-3-2-4-6-8/h2-6H,1H3,(H,13,16,17). The summed E-state index contributed by atoms with van der Waals surface area (Å²) in [6, 6.07) is 8.68. The predicted octanol–water partition coefficient (Wildman–Crippen LogP) is 0.875. The van der Waals surface area contributed by atoms with Gasteiger partial charge in [0.2, 0.25) is 5.84 Å². The SMILES string of the molecule is CC1=NN=C(NC(=O)c2ccccc2)C1=[N+]=[N-]. The number of amides is 1. The van der Waals surface area contributed by atoms with E-state index in [0.717, 1.165) is 0 Å². The van der Waals surface area contributed by atoms with Crippen molar-refractivity contribution in [1.29, 1.82) is 0 Å². The zero-order chi connectivity index (χ0) is 12.3. The van der Waals surface area contributed by atoms with Crippen LogP contribution in [0.1, 0.15) is 17.3 Å². The lowest BCUT2D eigenvalue weighted by molar-refractivity contribution is 0.00162. The molecular formula is C11H9N5O. The fourth-order valence-corrected chi connectivity index (χ4v) is 1.36. The Hall–Kier alpha value is -2.59. The molecule has 1 heterocycles. The zero-order valence-corrected chi connectivity index (χ0v) is 9.08. The van der Waals surface area contributed by atoms with Gasteiger partial charge in [-0.15, -0.1) is 10.2 Å². The first-order chi connectivity index (χ1) is 8.22. The molecule has 0 saturated heterocycles. The van der Waals surface area contributed by atoms with Gasteiger partial charge in [0.15, 0.2) is 5.71 Å². The van der Waals surface area contributed by atoms with E-state index in [0.29, 0.717) is 11.3 Å². The molecule has 0 saturated carbocycles. The normalized spacial score (nSPS) is 13.8. The third-order valence-corrected chi connectivity index (χ3v) is 2.23. The second-order valence-electron chi connectivity index (χ2n) is 3.40. The molecule has 0 radical (unpaired) electrons. The zero-order valence-electron chi connectivity index (χ0n) is 9.08. The van der Waals surface area contributed by atoms with Gasteiger partial charge in [0.1, 0.15) is 0 Å².